The van der Waals surface area contributed by atoms with Crippen LogP contribution in [0.2, 0.25) is 5.02 Å². The fourth-order valence-corrected chi connectivity index (χ4v) is 2.24. The van der Waals surface area contributed by atoms with Crippen LogP contribution in [0, 0.1) is 17.0 Å². The molecule has 1 amide bonds. The summed E-state index contributed by atoms with van der Waals surface area (Å²) in [6.07, 6.45) is 0. The Morgan fingerprint density at radius 1 is 1.29 bits per heavy atom. The Morgan fingerprint density at radius 3 is 2.71 bits per heavy atom. The molecule has 2 N–H and O–H groups in total. The fraction of sp³-hybridized carbons (Fsp3) is 0.188. The van der Waals surface area contributed by atoms with Crippen molar-refractivity contribution < 1.29 is 14.5 Å². The van der Waals surface area contributed by atoms with Gasteiger partial charge in [-0.1, -0.05) is 17.7 Å². The molecular weight excluding hydrogens is 334 g/mol. The summed E-state index contributed by atoms with van der Waals surface area (Å²) in [6.45, 7) is 1.72. The van der Waals surface area contributed by atoms with Crippen molar-refractivity contribution >= 4 is 34.6 Å². The number of nitrogens with one attached hydrogen (secondary N) is 2. The van der Waals surface area contributed by atoms with E-state index >= 15 is 0 Å². The number of carbonyl (C=O) groups excluding carboxylic acids is 1. The highest BCUT2D eigenvalue weighted by Gasteiger charge is 2.13. The first-order valence-corrected chi connectivity index (χ1v) is 7.41. The number of benzene rings is 2. The molecule has 0 spiro atoms. The average Bonchev–Trinajstić information content (AvgIpc) is 2.56. The van der Waals surface area contributed by atoms with Crippen molar-refractivity contribution in [2.75, 3.05) is 24.3 Å². The molecule has 0 saturated carbocycles. The second-order valence-electron chi connectivity index (χ2n) is 4.96. The SMILES string of the molecule is COc1ccc([N+](=O)[O-])cc1NCC(=O)Nc1cccc(Cl)c1C. The smallest absolute Gasteiger partial charge is 0.271 e. The summed E-state index contributed by atoms with van der Waals surface area (Å²) < 4.78 is 5.13. The molecule has 0 aliphatic rings. The highest BCUT2D eigenvalue weighted by molar-refractivity contribution is 6.31. The number of hydrogen-bond acceptors (Lipinski definition) is 5. The van der Waals surface area contributed by atoms with Crippen molar-refractivity contribution in [1.82, 2.24) is 0 Å². The number of ether oxygens (including phenoxy) is 1. The topological polar surface area (TPSA) is 93.5 Å². The van der Waals surface area contributed by atoms with Gasteiger partial charge in [-0.25, -0.2) is 0 Å². The molecule has 0 atom stereocenters. The van der Waals surface area contributed by atoms with E-state index in [4.69, 9.17) is 16.3 Å². The molecule has 0 saturated heterocycles. The minimum Gasteiger partial charge on any atom is -0.495 e. The Morgan fingerprint density at radius 2 is 2.04 bits per heavy atom. The van der Waals surface area contributed by atoms with Crippen LogP contribution in [0.3, 0.4) is 0 Å². The van der Waals surface area contributed by atoms with Gasteiger partial charge >= 0.3 is 0 Å². The number of nitrogens with zero attached hydrogens (tertiary/aromatic N) is 1. The van der Waals surface area contributed by atoms with Crippen LogP contribution in [0.25, 0.3) is 0 Å². The number of nitro groups is 1. The summed E-state index contributed by atoms with van der Waals surface area (Å²) in [4.78, 5) is 22.4. The molecule has 0 aliphatic heterocycles. The van der Waals surface area contributed by atoms with E-state index in [1.807, 2.05) is 0 Å². The molecule has 126 valence electrons. The third kappa shape index (κ3) is 4.14. The normalized spacial score (nSPS) is 10.1. The Bertz CT molecular complexity index is 780. The van der Waals surface area contributed by atoms with E-state index in [1.54, 1.807) is 25.1 Å². The van der Waals surface area contributed by atoms with Crippen molar-refractivity contribution in [1.29, 1.82) is 0 Å². The van der Waals surface area contributed by atoms with Gasteiger partial charge in [0, 0.05) is 22.8 Å². The number of methoxy groups -OCH3 is 1. The van der Waals surface area contributed by atoms with Crippen LogP contribution in [0.4, 0.5) is 17.1 Å². The molecule has 0 radical (unpaired) electrons. The van der Waals surface area contributed by atoms with Crippen LogP contribution in [-0.4, -0.2) is 24.5 Å². The number of halogens is 1. The van der Waals surface area contributed by atoms with E-state index in [1.165, 1.54) is 25.3 Å². The van der Waals surface area contributed by atoms with Gasteiger partial charge in [0.15, 0.2) is 0 Å². The molecule has 2 rings (SSSR count). The third-order valence-electron chi connectivity index (χ3n) is 3.38. The largest absolute Gasteiger partial charge is 0.495 e. The number of carbonyl (C=O) groups is 1. The summed E-state index contributed by atoms with van der Waals surface area (Å²) in [7, 11) is 1.45. The van der Waals surface area contributed by atoms with Crippen molar-refractivity contribution in [3.05, 3.63) is 57.1 Å². The second-order valence-corrected chi connectivity index (χ2v) is 5.36. The molecular formula is C16H16ClN3O4. The summed E-state index contributed by atoms with van der Waals surface area (Å²) in [6, 6.07) is 9.34. The van der Waals surface area contributed by atoms with Gasteiger partial charge in [0.2, 0.25) is 5.91 Å². The maximum absolute atomic E-state index is 12.1. The van der Waals surface area contributed by atoms with E-state index < -0.39 is 4.92 Å². The van der Waals surface area contributed by atoms with Crippen LogP contribution >= 0.6 is 11.6 Å². The molecule has 24 heavy (non-hydrogen) atoms. The molecule has 2 aromatic rings. The summed E-state index contributed by atoms with van der Waals surface area (Å²) in [5, 5.41) is 17.0. The number of rotatable bonds is 6. The Hall–Kier alpha value is -2.80. The van der Waals surface area contributed by atoms with Gasteiger partial charge in [-0.3, -0.25) is 14.9 Å². The molecule has 0 bridgehead atoms. The van der Waals surface area contributed by atoms with E-state index in [0.29, 0.717) is 22.1 Å². The molecule has 0 unspecified atom stereocenters. The Kier molecular flexibility index (Phi) is 5.59. The zero-order valence-electron chi connectivity index (χ0n) is 13.1. The summed E-state index contributed by atoms with van der Waals surface area (Å²) in [5.41, 5.74) is 1.65. The molecule has 2 aromatic carbocycles. The van der Waals surface area contributed by atoms with E-state index in [2.05, 4.69) is 10.6 Å². The van der Waals surface area contributed by atoms with Crippen molar-refractivity contribution in [2.45, 2.75) is 6.92 Å². The maximum atomic E-state index is 12.1. The Labute approximate surface area is 143 Å². The van der Waals surface area contributed by atoms with E-state index in [0.717, 1.165) is 5.56 Å². The van der Waals surface area contributed by atoms with E-state index in [9.17, 15) is 14.9 Å². The van der Waals surface area contributed by atoms with Gasteiger partial charge < -0.3 is 15.4 Å². The van der Waals surface area contributed by atoms with Gasteiger partial charge in [-0.05, 0) is 30.7 Å². The van der Waals surface area contributed by atoms with Crippen molar-refractivity contribution in [3.8, 4) is 5.75 Å². The number of anilines is 2. The third-order valence-corrected chi connectivity index (χ3v) is 3.78. The number of hydrogen-bond donors (Lipinski definition) is 2. The minimum atomic E-state index is -0.514. The van der Waals surface area contributed by atoms with Crippen molar-refractivity contribution in [2.24, 2.45) is 0 Å². The first kappa shape index (κ1) is 17.6. The first-order chi connectivity index (χ1) is 11.4. The van der Waals surface area contributed by atoms with Crippen LogP contribution in [0.5, 0.6) is 5.75 Å². The predicted molar refractivity (Wildman–Crippen MR) is 93.0 cm³/mol. The van der Waals surface area contributed by atoms with Gasteiger partial charge in [0.25, 0.3) is 5.69 Å². The zero-order valence-corrected chi connectivity index (χ0v) is 13.9. The van der Waals surface area contributed by atoms with Gasteiger partial charge in [0.1, 0.15) is 5.75 Å². The number of nitro benzene ring substituents is 1. The highest BCUT2D eigenvalue weighted by atomic mass is 35.5. The first-order valence-electron chi connectivity index (χ1n) is 7.03. The zero-order chi connectivity index (χ0) is 17.7. The standard InChI is InChI=1S/C16H16ClN3O4/c1-10-12(17)4-3-5-13(10)19-16(21)9-18-14-8-11(20(22)23)6-7-15(14)24-2/h3-8,18H,9H2,1-2H3,(H,19,21). The van der Waals surface area contributed by atoms with Crippen LogP contribution in [0.15, 0.2) is 36.4 Å². The molecule has 0 aliphatic carbocycles. The Balaban J connectivity index is 2.07. The molecule has 8 heteroatoms. The van der Waals surface area contributed by atoms with Gasteiger partial charge in [-0.2, -0.15) is 0 Å². The van der Waals surface area contributed by atoms with Gasteiger partial charge in [-0.15, -0.1) is 0 Å². The molecule has 7 nitrogen and oxygen atoms in total. The number of amides is 1. The van der Waals surface area contributed by atoms with Crippen LogP contribution < -0.4 is 15.4 Å². The lowest BCUT2D eigenvalue weighted by molar-refractivity contribution is -0.384. The molecule has 0 heterocycles. The molecule has 0 fully saturated rings. The second kappa shape index (κ2) is 7.65. The van der Waals surface area contributed by atoms with Crippen molar-refractivity contribution in [3.63, 3.8) is 0 Å². The lowest BCUT2D eigenvalue weighted by Gasteiger charge is -2.12. The summed E-state index contributed by atoms with van der Waals surface area (Å²) in [5.74, 6) is 0.0984. The van der Waals surface area contributed by atoms with Crippen LogP contribution in [0.1, 0.15) is 5.56 Å². The maximum Gasteiger partial charge on any atom is 0.271 e. The number of non-ortho nitro benzene ring substituents is 1. The van der Waals surface area contributed by atoms with E-state index in [-0.39, 0.29) is 18.1 Å². The lowest BCUT2D eigenvalue weighted by Crippen LogP contribution is -2.22. The predicted octanol–water partition coefficient (Wildman–Crippen LogP) is 3.62. The van der Waals surface area contributed by atoms with Gasteiger partial charge in [0.05, 0.1) is 24.3 Å². The lowest BCUT2D eigenvalue weighted by atomic mass is 10.2. The fourth-order valence-electron chi connectivity index (χ4n) is 2.06. The highest BCUT2D eigenvalue weighted by Crippen LogP contribution is 2.28. The quantitative estimate of drug-likeness (QED) is 0.613. The average molecular weight is 350 g/mol. The molecule has 0 aromatic heterocycles. The minimum absolute atomic E-state index is 0.0799. The summed E-state index contributed by atoms with van der Waals surface area (Å²) >= 11 is 6.01. The van der Waals surface area contributed by atoms with Crippen LogP contribution in [-0.2, 0) is 4.79 Å². The monoisotopic (exact) mass is 349 g/mol.